The molecule has 0 aliphatic carbocycles. The van der Waals surface area contributed by atoms with Crippen LogP contribution in [-0.4, -0.2) is 22.0 Å². The smallest absolute Gasteiger partial charge is 0.332 e. The lowest BCUT2D eigenvalue weighted by Gasteiger charge is -2.09. The van der Waals surface area contributed by atoms with Crippen LogP contribution in [0.4, 0.5) is 5.82 Å². The fraction of sp³-hybridized carbons (Fsp3) is 0.188. The van der Waals surface area contributed by atoms with E-state index in [1.807, 2.05) is 0 Å². The molecule has 0 saturated heterocycles. The quantitative estimate of drug-likeness (QED) is 0.657. The summed E-state index contributed by atoms with van der Waals surface area (Å²) in [6.07, 6.45) is 2.76. The number of hydrogen-bond acceptors (Lipinski definition) is 5. The number of nitrogens with two attached hydrogens (primary N) is 1. The number of carbonyl (C=O) groups is 1. The maximum absolute atomic E-state index is 12.3. The zero-order valence-corrected chi connectivity index (χ0v) is 13.1. The second-order valence-electron chi connectivity index (χ2n) is 4.91. The number of allylic oxidation sites excluding steroid dienone is 1. The van der Waals surface area contributed by atoms with Crippen LogP contribution >= 0.6 is 0 Å². The molecule has 2 rings (SSSR count). The highest BCUT2D eigenvalue weighted by molar-refractivity contribution is 6.09. The normalized spacial score (nSPS) is 10.9. The Hall–Kier alpha value is -3.09. The number of aromatic nitrogens is 2. The van der Waals surface area contributed by atoms with Gasteiger partial charge in [-0.3, -0.25) is 18.7 Å². The van der Waals surface area contributed by atoms with Crippen molar-refractivity contribution in [2.24, 2.45) is 14.1 Å². The molecule has 2 N–H and O–H groups in total. The van der Waals surface area contributed by atoms with Gasteiger partial charge in [-0.05, 0) is 18.2 Å². The van der Waals surface area contributed by atoms with Gasteiger partial charge >= 0.3 is 5.69 Å². The lowest BCUT2D eigenvalue weighted by Crippen LogP contribution is -2.41. The molecule has 0 fully saturated rings. The van der Waals surface area contributed by atoms with Crippen molar-refractivity contribution in [3.63, 3.8) is 0 Å². The number of hydrogen-bond donors (Lipinski definition) is 1. The molecule has 1 aromatic heterocycles. The van der Waals surface area contributed by atoms with Crippen LogP contribution in [0.15, 0.2) is 39.9 Å². The summed E-state index contributed by atoms with van der Waals surface area (Å²) >= 11 is 0. The Morgan fingerprint density at radius 3 is 2.48 bits per heavy atom. The molecule has 1 heterocycles. The van der Waals surface area contributed by atoms with Crippen molar-refractivity contribution in [3.05, 3.63) is 62.3 Å². The van der Waals surface area contributed by atoms with Crippen LogP contribution in [-0.2, 0) is 14.1 Å². The van der Waals surface area contributed by atoms with E-state index < -0.39 is 17.0 Å². The number of nitrogens with zero attached hydrogens (tertiary/aromatic N) is 2. The molecule has 0 aliphatic rings. The highest BCUT2D eigenvalue weighted by atomic mass is 16.5. The number of ketones is 1. The van der Waals surface area contributed by atoms with Crippen LogP contribution in [0.1, 0.15) is 15.9 Å². The number of benzene rings is 1. The summed E-state index contributed by atoms with van der Waals surface area (Å²) in [5.41, 5.74) is 4.89. The third kappa shape index (κ3) is 2.94. The minimum atomic E-state index is -0.722. The number of rotatable bonds is 4. The number of nitrogen functional groups attached to an aromatic ring is 1. The van der Waals surface area contributed by atoms with Crippen LogP contribution in [0.25, 0.3) is 6.08 Å². The molecular weight excluding hydrogens is 298 g/mol. The van der Waals surface area contributed by atoms with Gasteiger partial charge in [0.15, 0.2) is 5.78 Å². The average Bonchev–Trinajstić information content (AvgIpc) is 2.56. The Morgan fingerprint density at radius 2 is 1.83 bits per heavy atom. The summed E-state index contributed by atoms with van der Waals surface area (Å²) in [5, 5.41) is 0. The molecule has 0 atom stereocenters. The maximum atomic E-state index is 12.3. The first-order valence-electron chi connectivity index (χ1n) is 6.79. The lowest BCUT2D eigenvalue weighted by atomic mass is 10.1. The van der Waals surface area contributed by atoms with E-state index in [1.54, 1.807) is 24.3 Å². The molecule has 23 heavy (non-hydrogen) atoms. The van der Waals surface area contributed by atoms with Crippen molar-refractivity contribution in [1.82, 2.24) is 9.13 Å². The van der Waals surface area contributed by atoms with E-state index in [0.717, 1.165) is 9.13 Å². The first-order valence-corrected chi connectivity index (χ1v) is 6.79. The second kappa shape index (κ2) is 6.35. The number of carbonyl (C=O) groups excluding carboxylic acids is 1. The number of methoxy groups -OCH3 is 1. The molecule has 120 valence electrons. The summed E-state index contributed by atoms with van der Waals surface area (Å²) in [5.74, 6) is -0.143. The van der Waals surface area contributed by atoms with Gasteiger partial charge in [0.25, 0.3) is 5.56 Å². The molecule has 1 aromatic carbocycles. The van der Waals surface area contributed by atoms with Crippen LogP contribution in [0.3, 0.4) is 0 Å². The predicted octanol–water partition coefficient (Wildman–Crippen LogP) is 0.571. The van der Waals surface area contributed by atoms with E-state index in [1.165, 1.54) is 33.4 Å². The molecule has 0 spiro atoms. The van der Waals surface area contributed by atoms with Gasteiger partial charge in [0.05, 0.1) is 7.11 Å². The Balaban J connectivity index is 2.49. The Bertz CT molecular complexity index is 907. The van der Waals surface area contributed by atoms with Crippen LogP contribution in [0.5, 0.6) is 5.75 Å². The molecule has 0 saturated carbocycles. The third-order valence-electron chi connectivity index (χ3n) is 3.51. The highest BCUT2D eigenvalue weighted by Gasteiger charge is 2.18. The zero-order chi connectivity index (χ0) is 17.1. The molecule has 0 radical (unpaired) electrons. The average molecular weight is 315 g/mol. The first-order chi connectivity index (χ1) is 10.9. The van der Waals surface area contributed by atoms with Gasteiger partial charge in [-0.2, -0.15) is 0 Å². The summed E-state index contributed by atoms with van der Waals surface area (Å²) < 4.78 is 7.10. The van der Waals surface area contributed by atoms with Crippen molar-refractivity contribution >= 4 is 17.7 Å². The van der Waals surface area contributed by atoms with Crippen molar-refractivity contribution < 1.29 is 9.53 Å². The minimum absolute atomic E-state index is 0.159. The van der Waals surface area contributed by atoms with Crippen molar-refractivity contribution in [2.45, 2.75) is 0 Å². The summed E-state index contributed by atoms with van der Waals surface area (Å²) in [6.45, 7) is 0. The fourth-order valence-electron chi connectivity index (χ4n) is 2.14. The highest BCUT2D eigenvalue weighted by Crippen LogP contribution is 2.19. The van der Waals surface area contributed by atoms with Crippen LogP contribution < -0.4 is 21.7 Å². The molecule has 7 heteroatoms. The number of anilines is 1. The molecule has 2 aromatic rings. The Labute approximate surface area is 132 Å². The fourth-order valence-corrected chi connectivity index (χ4v) is 2.14. The molecule has 0 unspecified atom stereocenters. The van der Waals surface area contributed by atoms with E-state index in [2.05, 4.69) is 0 Å². The Morgan fingerprint density at radius 1 is 1.17 bits per heavy atom. The monoisotopic (exact) mass is 315 g/mol. The van der Waals surface area contributed by atoms with Crippen molar-refractivity contribution in [3.8, 4) is 5.75 Å². The minimum Gasteiger partial charge on any atom is -0.496 e. The van der Waals surface area contributed by atoms with Gasteiger partial charge in [-0.1, -0.05) is 18.2 Å². The summed E-state index contributed by atoms with van der Waals surface area (Å²) in [7, 11) is 4.22. The SMILES string of the molecule is COc1ccccc1/C=C/C(=O)c1c(N)n(C)c(=O)n(C)c1=O. The Kier molecular flexibility index (Phi) is 4.49. The molecule has 0 bridgehead atoms. The van der Waals surface area contributed by atoms with E-state index in [-0.39, 0.29) is 11.4 Å². The lowest BCUT2D eigenvalue weighted by molar-refractivity contribution is 0.104. The standard InChI is InChI=1S/C16H17N3O4/c1-18-14(17)13(15(21)19(2)16(18)22)11(20)9-8-10-6-4-5-7-12(10)23-3/h4-9H,17H2,1-3H3/b9-8+. The predicted molar refractivity (Wildman–Crippen MR) is 87.7 cm³/mol. The molecule has 7 nitrogen and oxygen atoms in total. The van der Waals surface area contributed by atoms with Gasteiger partial charge in [0.2, 0.25) is 0 Å². The van der Waals surface area contributed by atoms with Gasteiger partial charge in [-0.25, -0.2) is 4.79 Å². The van der Waals surface area contributed by atoms with Gasteiger partial charge < -0.3 is 10.5 Å². The third-order valence-corrected chi connectivity index (χ3v) is 3.51. The van der Waals surface area contributed by atoms with E-state index >= 15 is 0 Å². The van der Waals surface area contributed by atoms with Crippen molar-refractivity contribution in [2.75, 3.05) is 12.8 Å². The van der Waals surface area contributed by atoms with E-state index in [9.17, 15) is 14.4 Å². The number of para-hydroxylation sites is 1. The second-order valence-corrected chi connectivity index (χ2v) is 4.91. The van der Waals surface area contributed by atoms with E-state index in [0.29, 0.717) is 11.3 Å². The maximum Gasteiger partial charge on any atom is 0.332 e. The first kappa shape index (κ1) is 16.3. The van der Waals surface area contributed by atoms with E-state index in [4.69, 9.17) is 10.5 Å². The van der Waals surface area contributed by atoms with Crippen LogP contribution in [0, 0.1) is 0 Å². The molecular formula is C16H17N3O4. The van der Waals surface area contributed by atoms with Crippen molar-refractivity contribution in [1.29, 1.82) is 0 Å². The molecule has 0 aliphatic heterocycles. The molecule has 0 amide bonds. The number of ether oxygens (including phenoxy) is 1. The van der Waals surface area contributed by atoms with Gasteiger partial charge in [0, 0.05) is 19.7 Å². The van der Waals surface area contributed by atoms with Gasteiger partial charge in [0.1, 0.15) is 17.1 Å². The summed E-state index contributed by atoms with van der Waals surface area (Å²) in [6, 6.07) is 7.12. The summed E-state index contributed by atoms with van der Waals surface area (Å²) in [4.78, 5) is 36.2. The van der Waals surface area contributed by atoms with Gasteiger partial charge in [-0.15, -0.1) is 0 Å². The largest absolute Gasteiger partial charge is 0.496 e. The topological polar surface area (TPSA) is 96.3 Å². The van der Waals surface area contributed by atoms with Crippen LogP contribution in [0.2, 0.25) is 0 Å². The zero-order valence-electron chi connectivity index (χ0n) is 13.1.